The Labute approximate surface area is 123 Å². The van der Waals surface area contributed by atoms with E-state index in [0.717, 1.165) is 24.0 Å². The van der Waals surface area contributed by atoms with Gasteiger partial charge in [0.2, 0.25) is 0 Å². The fourth-order valence-electron chi connectivity index (χ4n) is 3.12. The topological polar surface area (TPSA) is 66.8 Å². The first-order valence-corrected chi connectivity index (χ1v) is 7.40. The standard InChI is InChI=1S/C16H19NO4/c18-15-13-6-2-1-4-11(13)5-3-9-17(15)10-12-7-8-14(21-12)16(19)20/h1-2,4,6,12,14H,3,5,7-10H2,(H,19,20). The minimum Gasteiger partial charge on any atom is -0.479 e. The molecule has 2 atom stereocenters. The molecule has 0 radical (unpaired) electrons. The molecule has 2 heterocycles. The minimum absolute atomic E-state index is 0.0328. The first kappa shape index (κ1) is 14.1. The Morgan fingerprint density at radius 1 is 1.33 bits per heavy atom. The van der Waals surface area contributed by atoms with Crippen molar-refractivity contribution in [1.29, 1.82) is 0 Å². The molecule has 2 unspecified atom stereocenters. The SMILES string of the molecule is O=C(O)C1CCC(CN2CCCc3ccccc3C2=O)O1. The quantitative estimate of drug-likeness (QED) is 0.920. The third-order valence-electron chi connectivity index (χ3n) is 4.22. The van der Waals surface area contributed by atoms with Gasteiger partial charge in [-0.05, 0) is 37.3 Å². The summed E-state index contributed by atoms with van der Waals surface area (Å²) >= 11 is 0. The highest BCUT2D eigenvalue weighted by Gasteiger charge is 2.33. The van der Waals surface area contributed by atoms with E-state index in [2.05, 4.69) is 0 Å². The summed E-state index contributed by atoms with van der Waals surface area (Å²) in [4.78, 5) is 25.3. The predicted octanol–water partition coefficient (Wildman–Crippen LogP) is 1.71. The fraction of sp³-hybridized carbons (Fsp3) is 0.500. The summed E-state index contributed by atoms with van der Waals surface area (Å²) in [6.07, 6.45) is 2.17. The van der Waals surface area contributed by atoms with Gasteiger partial charge in [-0.15, -0.1) is 0 Å². The van der Waals surface area contributed by atoms with E-state index in [9.17, 15) is 9.59 Å². The number of hydrogen-bond acceptors (Lipinski definition) is 3. The van der Waals surface area contributed by atoms with E-state index in [0.29, 0.717) is 25.9 Å². The molecular weight excluding hydrogens is 270 g/mol. The monoisotopic (exact) mass is 289 g/mol. The number of ether oxygens (including phenoxy) is 1. The van der Waals surface area contributed by atoms with E-state index in [1.165, 1.54) is 0 Å². The van der Waals surface area contributed by atoms with Gasteiger partial charge in [-0.2, -0.15) is 0 Å². The van der Waals surface area contributed by atoms with E-state index in [1.807, 2.05) is 24.3 Å². The smallest absolute Gasteiger partial charge is 0.332 e. The summed E-state index contributed by atoms with van der Waals surface area (Å²) in [6.45, 7) is 1.18. The van der Waals surface area contributed by atoms with Crippen LogP contribution < -0.4 is 0 Å². The average Bonchev–Trinajstić information content (AvgIpc) is 2.89. The lowest BCUT2D eigenvalue weighted by Gasteiger charge is -2.24. The molecule has 5 heteroatoms. The van der Waals surface area contributed by atoms with Crippen LogP contribution in [-0.2, 0) is 16.0 Å². The molecule has 1 aromatic carbocycles. The first-order chi connectivity index (χ1) is 10.1. The molecule has 0 aromatic heterocycles. The number of amides is 1. The summed E-state index contributed by atoms with van der Waals surface area (Å²) in [5, 5.41) is 8.96. The van der Waals surface area contributed by atoms with Crippen molar-refractivity contribution in [2.24, 2.45) is 0 Å². The summed E-state index contributed by atoms with van der Waals surface area (Å²) in [6, 6.07) is 7.71. The molecule has 3 rings (SSSR count). The van der Waals surface area contributed by atoms with Gasteiger partial charge in [0.25, 0.3) is 5.91 Å². The molecular formula is C16H19NO4. The van der Waals surface area contributed by atoms with Crippen LogP contribution >= 0.6 is 0 Å². The molecule has 1 saturated heterocycles. The van der Waals surface area contributed by atoms with Crippen molar-refractivity contribution in [2.45, 2.75) is 37.9 Å². The van der Waals surface area contributed by atoms with Crippen LogP contribution in [0.3, 0.4) is 0 Å². The van der Waals surface area contributed by atoms with Gasteiger partial charge in [0.15, 0.2) is 6.10 Å². The second-order valence-corrected chi connectivity index (χ2v) is 5.67. The van der Waals surface area contributed by atoms with Gasteiger partial charge >= 0.3 is 5.97 Å². The second-order valence-electron chi connectivity index (χ2n) is 5.67. The van der Waals surface area contributed by atoms with Crippen molar-refractivity contribution in [1.82, 2.24) is 4.90 Å². The highest BCUT2D eigenvalue weighted by atomic mass is 16.5. The Balaban J connectivity index is 1.69. The number of rotatable bonds is 3. The number of carbonyl (C=O) groups excluding carboxylic acids is 1. The van der Waals surface area contributed by atoms with Crippen molar-refractivity contribution in [3.63, 3.8) is 0 Å². The van der Waals surface area contributed by atoms with Crippen LogP contribution in [0.25, 0.3) is 0 Å². The molecule has 1 amide bonds. The van der Waals surface area contributed by atoms with Gasteiger partial charge in [-0.3, -0.25) is 4.79 Å². The van der Waals surface area contributed by atoms with Gasteiger partial charge in [0.05, 0.1) is 6.10 Å². The molecule has 112 valence electrons. The zero-order valence-electron chi connectivity index (χ0n) is 11.8. The maximum atomic E-state index is 12.6. The van der Waals surface area contributed by atoms with Crippen molar-refractivity contribution < 1.29 is 19.4 Å². The number of benzene rings is 1. The molecule has 2 aliphatic rings. The van der Waals surface area contributed by atoms with Crippen LogP contribution in [0.15, 0.2) is 24.3 Å². The van der Waals surface area contributed by atoms with E-state index >= 15 is 0 Å². The van der Waals surface area contributed by atoms with Gasteiger partial charge in [-0.1, -0.05) is 18.2 Å². The van der Waals surface area contributed by atoms with Gasteiger partial charge in [-0.25, -0.2) is 4.79 Å². The van der Waals surface area contributed by atoms with E-state index in [4.69, 9.17) is 9.84 Å². The molecule has 0 aliphatic carbocycles. The molecule has 1 aromatic rings. The van der Waals surface area contributed by atoms with Crippen LogP contribution in [0.2, 0.25) is 0 Å². The Morgan fingerprint density at radius 2 is 2.14 bits per heavy atom. The van der Waals surface area contributed by atoms with Gasteiger partial charge in [0, 0.05) is 18.7 Å². The van der Waals surface area contributed by atoms with E-state index in [-0.39, 0.29) is 12.0 Å². The maximum Gasteiger partial charge on any atom is 0.332 e. The lowest BCUT2D eigenvalue weighted by molar-refractivity contribution is -0.149. The Hall–Kier alpha value is -1.88. The van der Waals surface area contributed by atoms with Crippen LogP contribution in [0.1, 0.15) is 35.2 Å². The van der Waals surface area contributed by atoms with Crippen molar-refractivity contribution >= 4 is 11.9 Å². The van der Waals surface area contributed by atoms with Crippen LogP contribution in [0.5, 0.6) is 0 Å². The molecule has 2 aliphatic heterocycles. The van der Waals surface area contributed by atoms with E-state index < -0.39 is 12.1 Å². The number of carboxylic acids is 1. The largest absolute Gasteiger partial charge is 0.479 e. The van der Waals surface area contributed by atoms with Crippen molar-refractivity contribution in [3.8, 4) is 0 Å². The van der Waals surface area contributed by atoms with Crippen molar-refractivity contribution in [3.05, 3.63) is 35.4 Å². The summed E-state index contributed by atoms with van der Waals surface area (Å²) in [7, 11) is 0. The predicted molar refractivity (Wildman–Crippen MR) is 76.2 cm³/mol. The Kier molecular flexibility index (Phi) is 3.92. The Bertz CT molecular complexity index is 557. The van der Waals surface area contributed by atoms with Crippen molar-refractivity contribution in [2.75, 3.05) is 13.1 Å². The minimum atomic E-state index is -0.912. The average molecular weight is 289 g/mol. The van der Waals surface area contributed by atoms with Crippen LogP contribution in [0, 0.1) is 0 Å². The molecule has 1 fully saturated rings. The maximum absolute atomic E-state index is 12.6. The lowest BCUT2D eigenvalue weighted by atomic mass is 10.0. The lowest BCUT2D eigenvalue weighted by Crippen LogP contribution is -2.38. The van der Waals surface area contributed by atoms with E-state index in [1.54, 1.807) is 4.90 Å². The highest BCUT2D eigenvalue weighted by Crippen LogP contribution is 2.24. The molecule has 0 spiro atoms. The summed E-state index contributed by atoms with van der Waals surface area (Å²) in [5.74, 6) is -0.879. The number of aliphatic carboxylic acids is 1. The zero-order valence-corrected chi connectivity index (χ0v) is 11.8. The number of nitrogens with zero attached hydrogens (tertiary/aromatic N) is 1. The fourth-order valence-corrected chi connectivity index (χ4v) is 3.12. The first-order valence-electron chi connectivity index (χ1n) is 7.40. The normalized spacial score (nSPS) is 25.5. The highest BCUT2D eigenvalue weighted by molar-refractivity contribution is 5.96. The number of carbonyl (C=O) groups is 2. The second kappa shape index (κ2) is 5.85. The number of hydrogen-bond donors (Lipinski definition) is 1. The molecule has 0 bridgehead atoms. The Morgan fingerprint density at radius 3 is 2.90 bits per heavy atom. The number of aryl methyl sites for hydroxylation is 1. The number of carboxylic acid groups (broad SMARTS) is 1. The zero-order chi connectivity index (χ0) is 14.8. The molecule has 1 N–H and O–H groups in total. The molecule has 5 nitrogen and oxygen atoms in total. The summed E-state index contributed by atoms with van der Waals surface area (Å²) < 4.78 is 5.51. The number of fused-ring (bicyclic) bond motifs is 1. The van der Waals surface area contributed by atoms with Crippen LogP contribution in [-0.4, -0.2) is 47.2 Å². The third-order valence-corrected chi connectivity index (χ3v) is 4.22. The van der Waals surface area contributed by atoms with Gasteiger partial charge in [0.1, 0.15) is 0 Å². The van der Waals surface area contributed by atoms with Crippen LogP contribution in [0.4, 0.5) is 0 Å². The molecule has 0 saturated carbocycles. The third kappa shape index (κ3) is 2.93. The summed E-state index contributed by atoms with van der Waals surface area (Å²) in [5.41, 5.74) is 1.86. The van der Waals surface area contributed by atoms with Gasteiger partial charge < -0.3 is 14.7 Å². The molecule has 21 heavy (non-hydrogen) atoms.